The summed E-state index contributed by atoms with van der Waals surface area (Å²) in [4.78, 5) is 0. The molecule has 0 bridgehead atoms. The van der Waals surface area contributed by atoms with Crippen LogP contribution in [0.3, 0.4) is 0 Å². The SMILES string of the molecule is COCC(CNCC1C=CC(N)C1)OC. The van der Waals surface area contributed by atoms with Crippen molar-refractivity contribution in [3.8, 4) is 0 Å². The van der Waals surface area contributed by atoms with Gasteiger partial charge in [0.2, 0.25) is 0 Å². The van der Waals surface area contributed by atoms with E-state index in [1.807, 2.05) is 0 Å². The molecule has 3 unspecified atom stereocenters. The molecule has 0 spiro atoms. The quantitative estimate of drug-likeness (QED) is 0.592. The Hall–Kier alpha value is -0.420. The van der Waals surface area contributed by atoms with Crippen LogP contribution in [0.15, 0.2) is 12.2 Å². The van der Waals surface area contributed by atoms with Gasteiger partial charge in [0.25, 0.3) is 0 Å². The molecule has 0 heterocycles. The molecule has 0 aromatic carbocycles. The van der Waals surface area contributed by atoms with Crippen molar-refractivity contribution >= 4 is 0 Å². The van der Waals surface area contributed by atoms with Crippen LogP contribution in [0.25, 0.3) is 0 Å². The lowest BCUT2D eigenvalue weighted by atomic mass is 10.1. The minimum atomic E-state index is 0.133. The number of nitrogens with one attached hydrogen (secondary N) is 1. The molecule has 0 saturated carbocycles. The summed E-state index contributed by atoms with van der Waals surface area (Å²) in [5.74, 6) is 0.569. The second-order valence-electron chi connectivity index (χ2n) is 4.02. The van der Waals surface area contributed by atoms with Crippen LogP contribution in [-0.4, -0.2) is 46.1 Å². The first kappa shape index (κ1) is 12.6. The van der Waals surface area contributed by atoms with Crippen molar-refractivity contribution in [2.75, 3.05) is 33.9 Å². The lowest BCUT2D eigenvalue weighted by Crippen LogP contribution is -2.34. The summed E-state index contributed by atoms with van der Waals surface area (Å²) in [7, 11) is 3.39. The van der Waals surface area contributed by atoms with Gasteiger partial charge in [-0.1, -0.05) is 12.2 Å². The molecule has 15 heavy (non-hydrogen) atoms. The van der Waals surface area contributed by atoms with E-state index in [4.69, 9.17) is 15.2 Å². The first-order chi connectivity index (χ1) is 7.26. The van der Waals surface area contributed by atoms with Gasteiger partial charge < -0.3 is 20.5 Å². The average Bonchev–Trinajstić information content (AvgIpc) is 2.63. The van der Waals surface area contributed by atoms with E-state index in [1.54, 1.807) is 14.2 Å². The predicted molar refractivity (Wildman–Crippen MR) is 60.8 cm³/mol. The molecule has 0 radical (unpaired) electrons. The normalized spacial score (nSPS) is 27.1. The summed E-state index contributed by atoms with van der Waals surface area (Å²) >= 11 is 0. The topological polar surface area (TPSA) is 56.5 Å². The summed E-state index contributed by atoms with van der Waals surface area (Å²) in [5.41, 5.74) is 5.77. The maximum Gasteiger partial charge on any atom is 0.0928 e. The predicted octanol–water partition coefficient (Wildman–Crippen LogP) is 0.141. The van der Waals surface area contributed by atoms with Crippen molar-refractivity contribution in [1.82, 2.24) is 5.32 Å². The maximum atomic E-state index is 5.77. The first-order valence-corrected chi connectivity index (χ1v) is 5.42. The standard InChI is InChI=1S/C11H22N2O2/c1-14-8-11(15-2)7-13-6-9-3-4-10(12)5-9/h3-4,9-11,13H,5-8,12H2,1-2H3. The van der Waals surface area contributed by atoms with Crippen molar-refractivity contribution in [2.24, 2.45) is 11.7 Å². The van der Waals surface area contributed by atoms with E-state index in [1.165, 1.54) is 0 Å². The lowest BCUT2D eigenvalue weighted by Gasteiger charge is -2.16. The van der Waals surface area contributed by atoms with Crippen LogP contribution in [0, 0.1) is 5.92 Å². The van der Waals surface area contributed by atoms with Crippen LogP contribution < -0.4 is 11.1 Å². The molecule has 0 aliphatic heterocycles. The zero-order chi connectivity index (χ0) is 11.1. The molecule has 3 N–H and O–H groups in total. The first-order valence-electron chi connectivity index (χ1n) is 5.42. The highest BCUT2D eigenvalue weighted by atomic mass is 16.5. The summed E-state index contributed by atoms with van der Waals surface area (Å²) in [6.45, 7) is 2.42. The van der Waals surface area contributed by atoms with Gasteiger partial charge in [-0.05, 0) is 12.3 Å². The Morgan fingerprint density at radius 2 is 2.27 bits per heavy atom. The molecule has 88 valence electrons. The molecular formula is C11H22N2O2. The number of hydrogen-bond donors (Lipinski definition) is 2. The minimum Gasteiger partial charge on any atom is -0.382 e. The highest BCUT2D eigenvalue weighted by Crippen LogP contribution is 2.14. The van der Waals surface area contributed by atoms with E-state index in [9.17, 15) is 0 Å². The Labute approximate surface area is 91.8 Å². The van der Waals surface area contributed by atoms with Crippen molar-refractivity contribution in [3.05, 3.63) is 12.2 Å². The monoisotopic (exact) mass is 214 g/mol. The molecule has 0 saturated heterocycles. The fraction of sp³-hybridized carbons (Fsp3) is 0.818. The molecule has 1 aliphatic rings. The van der Waals surface area contributed by atoms with Gasteiger partial charge in [-0.15, -0.1) is 0 Å². The molecule has 0 fully saturated rings. The average molecular weight is 214 g/mol. The van der Waals surface area contributed by atoms with E-state index in [0.29, 0.717) is 12.5 Å². The molecule has 1 rings (SSSR count). The number of methoxy groups -OCH3 is 2. The van der Waals surface area contributed by atoms with E-state index in [0.717, 1.165) is 19.5 Å². The highest BCUT2D eigenvalue weighted by molar-refractivity contribution is 5.05. The second kappa shape index (κ2) is 6.95. The summed E-state index contributed by atoms with van der Waals surface area (Å²) in [6, 6.07) is 0.244. The van der Waals surface area contributed by atoms with Gasteiger partial charge in [-0.25, -0.2) is 0 Å². The zero-order valence-corrected chi connectivity index (χ0v) is 9.61. The number of hydrogen-bond acceptors (Lipinski definition) is 4. The van der Waals surface area contributed by atoms with Gasteiger partial charge in [0.05, 0.1) is 12.7 Å². The van der Waals surface area contributed by atoms with Gasteiger partial charge in [0.15, 0.2) is 0 Å². The number of ether oxygens (including phenoxy) is 2. The van der Waals surface area contributed by atoms with E-state index in [-0.39, 0.29) is 12.1 Å². The fourth-order valence-corrected chi connectivity index (χ4v) is 1.78. The van der Waals surface area contributed by atoms with Gasteiger partial charge in [0.1, 0.15) is 0 Å². The van der Waals surface area contributed by atoms with Crippen molar-refractivity contribution in [2.45, 2.75) is 18.6 Å². The van der Waals surface area contributed by atoms with Crippen LogP contribution in [0.5, 0.6) is 0 Å². The Morgan fingerprint density at radius 3 is 2.80 bits per heavy atom. The third-order valence-corrected chi connectivity index (χ3v) is 2.67. The zero-order valence-electron chi connectivity index (χ0n) is 9.61. The van der Waals surface area contributed by atoms with Crippen molar-refractivity contribution < 1.29 is 9.47 Å². The Balaban J connectivity index is 2.07. The van der Waals surface area contributed by atoms with E-state index >= 15 is 0 Å². The number of rotatable bonds is 7. The summed E-state index contributed by atoms with van der Waals surface area (Å²) < 4.78 is 10.3. The van der Waals surface area contributed by atoms with E-state index < -0.39 is 0 Å². The Morgan fingerprint density at radius 1 is 1.47 bits per heavy atom. The lowest BCUT2D eigenvalue weighted by molar-refractivity contribution is 0.0287. The maximum absolute atomic E-state index is 5.77. The van der Waals surface area contributed by atoms with Crippen molar-refractivity contribution in [1.29, 1.82) is 0 Å². The largest absolute Gasteiger partial charge is 0.382 e. The minimum absolute atomic E-state index is 0.133. The molecule has 0 aromatic heterocycles. The molecule has 4 heteroatoms. The number of nitrogens with two attached hydrogens (primary N) is 1. The van der Waals surface area contributed by atoms with Gasteiger partial charge >= 0.3 is 0 Å². The third-order valence-electron chi connectivity index (χ3n) is 2.67. The molecular weight excluding hydrogens is 192 g/mol. The molecule has 0 aromatic rings. The Bertz CT molecular complexity index is 197. The van der Waals surface area contributed by atoms with Crippen LogP contribution in [0.4, 0.5) is 0 Å². The summed E-state index contributed by atoms with van der Waals surface area (Å²) in [6.07, 6.45) is 5.45. The summed E-state index contributed by atoms with van der Waals surface area (Å²) in [5, 5.41) is 3.37. The van der Waals surface area contributed by atoms with Crippen LogP contribution in [0.2, 0.25) is 0 Å². The molecule has 4 nitrogen and oxygen atoms in total. The fourth-order valence-electron chi connectivity index (χ4n) is 1.78. The smallest absolute Gasteiger partial charge is 0.0928 e. The van der Waals surface area contributed by atoms with Gasteiger partial charge in [-0.3, -0.25) is 0 Å². The van der Waals surface area contributed by atoms with Crippen LogP contribution in [-0.2, 0) is 9.47 Å². The van der Waals surface area contributed by atoms with Crippen LogP contribution in [0.1, 0.15) is 6.42 Å². The van der Waals surface area contributed by atoms with Gasteiger partial charge in [-0.2, -0.15) is 0 Å². The third kappa shape index (κ3) is 4.75. The van der Waals surface area contributed by atoms with Gasteiger partial charge in [0, 0.05) is 33.4 Å². The molecule has 1 aliphatic carbocycles. The van der Waals surface area contributed by atoms with Crippen molar-refractivity contribution in [3.63, 3.8) is 0 Å². The highest BCUT2D eigenvalue weighted by Gasteiger charge is 2.15. The van der Waals surface area contributed by atoms with Crippen LogP contribution >= 0.6 is 0 Å². The van der Waals surface area contributed by atoms with E-state index in [2.05, 4.69) is 17.5 Å². The second-order valence-corrected chi connectivity index (χ2v) is 4.02. The molecule has 3 atom stereocenters. The molecule has 0 amide bonds. The Kier molecular flexibility index (Phi) is 5.86.